The molecule has 7 heteroatoms. The first kappa shape index (κ1) is 15.9. The molecule has 0 fully saturated rings. The molecular weight excluding hydrogens is 306 g/mol. The fraction of sp³-hybridized carbons (Fsp3) is 0.200. The third-order valence-corrected chi connectivity index (χ3v) is 3.36. The highest BCUT2D eigenvalue weighted by molar-refractivity contribution is 6.32. The van der Waals surface area contributed by atoms with Crippen molar-refractivity contribution in [3.05, 3.63) is 62.9 Å². The second-order valence-electron chi connectivity index (χ2n) is 4.96. The lowest BCUT2D eigenvalue weighted by Gasteiger charge is -2.02. The number of benzene rings is 1. The standard InChI is InChI=1S/C15H14ClN3O3/c1-10(2)18-9-12(8-17-18)15(20)6-3-11-7-13(19(21)22)4-5-14(11)16/h3-10H,1-2H3/b6-3+. The summed E-state index contributed by atoms with van der Waals surface area (Å²) in [6, 6.07) is 4.23. The van der Waals surface area contributed by atoms with Crippen LogP contribution in [0.15, 0.2) is 36.7 Å². The highest BCUT2D eigenvalue weighted by Gasteiger charge is 2.10. The van der Waals surface area contributed by atoms with Gasteiger partial charge in [-0.1, -0.05) is 11.6 Å². The van der Waals surface area contributed by atoms with Gasteiger partial charge >= 0.3 is 0 Å². The average molecular weight is 320 g/mol. The minimum Gasteiger partial charge on any atom is -0.289 e. The average Bonchev–Trinajstić information content (AvgIpc) is 2.96. The van der Waals surface area contributed by atoms with Crippen molar-refractivity contribution in [2.75, 3.05) is 0 Å². The molecule has 2 aromatic rings. The summed E-state index contributed by atoms with van der Waals surface area (Å²) in [6.07, 6.45) is 5.94. The van der Waals surface area contributed by atoms with E-state index in [4.69, 9.17) is 11.6 Å². The van der Waals surface area contributed by atoms with Crippen LogP contribution in [-0.2, 0) is 0 Å². The van der Waals surface area contributed by atoms with E-state index in [-0.39, 0.29) is 17.5 Å². The van der Waals surface area contributed by atoms with Crippen molar-refractivity contribution in [2.45, 2.75) is 19.9 Å². The molecule has 1 aromatic carbocycles. The van der Waals surface area contributed by atoms with E-state index < -0.39 is 4.92 Å². The Morgan fingerprint density at radius 2 is 2.18 bits per heavy atom. The van der Waals surface area contributed by atoms with Crippen LogP contribution in [0.5, 0.6) is 0 Å². The van der Waals surface area contributed by atoms with Gasteiger partial charge in [0.05, 0.1) is 16.7 Å². The van der Waals surface area contributed by atoms with Crippen LogP contribution in [0.2, 0.25) is 5.02 Å². The van der Waals surface area contributed by atoms with Gasteiger partial charge in [0, 0.05) is 29.4 Å². The summed E-state index contributed by atoms with van der Waals surface area (Å²) in [5, 5.41) is 15.2. The third-order valence-electron chi connectivity index (χ3n) is 3.02. The van der Waals surface area contributed by atoms with Crippen molar-refractivity contribution in [3.63, 3.8) is 0 Å². The van der Waals surface area contributed by atoms with Crippen molar-refractivity contribution in [3.8, 4) is 0 Å². The van der Waals surface area contributed by atoms with Crippen LogP contribution in [0, 0.1) is 10.1 Å². The Kier molecular flexibility index (Phi) is 4.72. The summed E-state index contributed by atoms with van der Waals surface area (Å²) < 4.78 is 1.68. The predicted octanol–water partition coefficient (Wildman–Crippen LogP) is 3.92. The molecule has 22 heavy (non-hydrogen) atoms. The van der Waals surface area contributed by atoms with Crippen LogP contribution in [0.3, 0.4) is 0 Å². The molecule has 0 saturated heterocycles. The monoisotopic (exact) mass is 319 g/mol. The Morgan fingerprint density at radius 1 is 1.45 bits per heavy atom. The van der Waals surface area contributed by atoms with Gasteiger partial charge in [-0.2, -0.15) is 5.10 Å². The zero-order chi connectivity index (χ0) is 16.3. The molecule has 0 bridgehead atoms. The molecule has 0 unspecified atom stereocenters. The number of ketones is 1. The molecule has 1 heterocycles. The van der Waals surface area contributed by atoms with Gasteiger partial charge in [-0.3, -0.25) is 19.6 Å². The van der Waals surface area contributed by atoms with Gasteiger partial charge < -0.3 is 0 Å². The topological polar surface area (TPSA) is 78.0 Å². The van der Waals surface area contributed by atoms with E-state index in [1.54, 1.807) is 10.9 Å². The number of hydrogen-bond acceptors (Lipinski definition) is 4. The Labute approximate surface area is 132 Å². The van der Waals surface area contributed by atoms with E-state index in [1.165, 1.54) is 36.5 Å². The van der Waals surface area contributed by atoms with Crippen LogP contribution in [-0.4, -0.2) is 20.5 Å². The first-order chi connectivity index (χ1) is 10.4. The molecule has 0 spiro atoms. The normalized spacial score (nSPS) is 11.3. The number of aromatic nitrogens is 2. The summed E-state index contributed by atoms with van der Waals surface area (Å²) in [4.78, 5) is 22.3. The maximum absolute atomic E-state index is 12.1. The molecule has 0 aliphatic rings. The fourth-order valence-corrected chi connectivity index (χ4v) is 1.96. The Bertz CT molecular complexity index is 750. The molecule has 0 N–H and O–H groups in total. The number of nitro groups is 1. The van der Waals surface area contributed by atoms with Gasteiger partial charge in [-0.05, 0) is 37.6 Å². The van der Waals surface area contributed by atoms with E-state index in [1.807, 2.05) is 13.8 Å². The molecule has 0 saturated carbocycles. The quantitative estimate of drug-likeness (QED) is 0.362. The number of hydrogen-bond donors (Lipinski definition) is 0. The highest BCUT2D eigenvalue weighted by atomic mass is 35.5. The van der Waals surface area contributed by atoms with Crippen molar-refractivity contribution >= 4 is 29.1 Å². The number of non-ortho nitro benzene ring substituents is 1. The maximum Gasteiger partial charge on any atom is 0.270 e. The number of carbonyl (C=O) groups excluding carboxylic acids is 1. The second kappa shape index (κ2) is 6.53. The summed E-state index contributed by atoms with van der Waals surface area (Å²) in [7, 11) is 0. The molecule has 114 valence electrons. The Balaban J connectivity index is 2.22. The summed E-state index contributed by atoms with van der Waals surface area (Å²) in [5.41, 5.74) is 0.788. The third kappa shape index (κ3) is 3.59. The lowest BCUT2D eigenvalue weighted by molar-refractivity contribution is -0.384. The van der Waals surface area contributed by atoms with E-state index in [2.05, 4.69) is 5.10 Å². The minimum absolute atomic E-state index is 0.0795. The number of halogens is 1. The number of carbonyl (C=O) groups is 1. The van der Waals surface area contributed by atoms with E-state index in [0.717, 1.165) is 0 Å². The van der Waals surface area contributed by atoms with Crippen LogP contribution >= 0.6 is 11.6 Å². The minimum atomic E-state index is -0.512. The molecular formula is C15H14ClN3O3. The smallest absolute Gasteiger partial charge is 0.270 e. The van der Waals surface area contributed by atoms with Crippen LogP contribution in [0.4, 0.5) is 5.69 Å². The lowest BCUT2D eigenvalue weighted by Crippen LogP contribution is -2.00. The molecule has 0 radical (unpaired) electrons. The number of nitro benzene ring substituents is 1. The van der Waals surface area contributed by atoms with Crippen molar-refractivity contribution in [1.29, 1.82) is 0 Å². The molecule has 2 rings (SSSR count). The van der Waals surface area contributed by atoms with Gasteiger partial charge in [0.15, 0.2) is 5.78 Å². The number of rotatable bonds is 5. The van der Waals surface area contributed by atoms with Crippen molar-refractivity contribution in [1.82, 2.24) is 9.78 Å². The molecule has 0 aliphatic heterocycles. The van der Waals surface area contributed by atoms with Crippen LogP contribution < -0.4 is 0 Å². The first-order valence-corrected chi connectivity index (χ1v) is 6.97. The Hall–Kier alpha value is -2.47. The number of nitrogens with zero attached hydrogens (tertiary/aromatic N) is 3. The summed E-state index contributed by atoms with van der Waals surface area (Å²) in [5.74, 6) is -0.241. The molecule has 0 atom stereocenters. The zero-order valence-electron chi connectivity index (χ0n) is 12.1. The van der Waals surface area contributed by atoms with Gasteiger partial charge in [0.2, 0.25) is 0 Å². The predicted molar refractivity (Wildman–Crippen MR) is 84.1 cm³/mol. The van der Waals surface area contributed by atoms with Gasteiger partial charge in [0.1, 0.15) is 0 Å². The lowest BCUT2D eigenvalue weighted by atomic mass is 10.1. The van der Waals surface area contributed by atoms with Crippen LogP contribution in [0.1, 0.15) is 35.8 Å². The molecule has 6 nitrogen and oxygen atoms in total. The Morgan fingerprint density at radius 3 is 2.77 bits per heavy atom. The van der Waals surface area contributed by atoms with Gasteiger partial charge in [0.25, 0.3) is 5.69 Å². The van der Waals surface area contributed by atoms with E-state index >= 15 is 0 Å². The summed E-state index contributed by atoms with van der Waals surface area (Å²) >= 11 is 5.97. The zero-order valence-corrected chi connectivity index (χ0v) is 12.8. The first-order valence-electron chi connectivity index (χ1n) is 6.59. The van der Waals surface area contributed by atoms with Crippen molar-refractivity contribution in [2.24, 2.45) is 0 Å². The summed E-state index contributed by atoms with van der Waals surface area (Å²) in [6.45, 7) is 3.92. The molecule has 1 aromatic heterocycles. The van der Waals surface area contributed by atoms with Crippen molar-refractivity contribution < 1.29 is 9.72 Å². The van der Waals surface area contributed by atoms with E-state index in [0.29, 0.717) is 16.1 Å². The van der Waals surface area contributed by atoms with Crippen LogP contribution in [0.25, 0.3) is 6.08 Å². The maximum atomic E-state index is 12.1. The highest BCUT2D eigenvalue weighted by Crippen LogP contribution is 2.23. The van der Waals surface area contributed by atoms with E-state index in [9.17, 15) is 14.9 Å². The fourth-order valence-electron chi connectivity index (χ4n) is 1.78. The SMILES string of the molecule is CC(C)n1cc(C(=O)/C=C/c2cc([N+](=O)[O-])ccc2Cl)cn1. The van der Waals surface area contributed by atoms with Gasteiger partial charge in [-0.25, -0.2) is 0 Å². The number of allylic oxidation sites excluding steroid dienone is 1. The molecule has 0 amide bonds. The second-order valence-corrected chi connectivity index (χ2v) is 5.37. The molecule has 0 aliphatic carbocycles. The largest absolute Gasteiger partial charge is 0.289 e. The van der Waals surface area contributed by atoms with Gasteiger partial charge in [-0.15, -0.1) is 0 Å².